The summed E-state index contributed by atoms with van der Waals surface area (Å²) in [4.78, 5) is 13.1. The fourth-order valence-corrected chi connectivity index (χ4v) is 2.57. The van der Waals surface area contributed by atoms with Gasteiger partial charge in [0.1, 0.15) is 5.75 Å². The summed E-state index contributed by atoms with van der Waals surface area (Å²) in [6, 6.07) is 1.94. The summed E-state index contributed by atoms with van der Waals surface area (Å²) in [5, 5.41) is 31.2. The number of nitrogens with one attached hydrogen (secondary N) is 1. The number of aliphatic hydroxyl groups excluding tert-OH is 2. The van der Waals surface area contributed by atoms with Crippen LogP contribution in [0.3, 0.4) is 0 Å². The summed E-state index contributed by atoms with van der Waals surface area (Å²) in [6.07, 6.45) is -1.01. The third-order valence-corrected chi connectivity index (χ3v) is 3.91. The second kappa shape index (κ2) is 6.05. The van der Waals surface area contributed by atoms with Crippen LogP contribution in [-0.4, -0.2) is 52.1 Å². The average molecular weight is 321 g/mol. The van der Waals surface area contributed by atoms with Gasteiger partial charge in [-0.05, 0) is 12.1 Å². The van der Waals surface area contributed by atoms with Crippen molar-refractivity contribution in [1.29, 1.82) is 0 Å². The zero-order chi connectivity index (χ0) is 14.9. The van der Waals surface area contributed by atoms with E-state index in [0.29, 0.717) is 5.56 Å². The maximum atomic E-state index is 11.8. The van der Waals surface area contributed by atoms with Crippen LogP contribution in [0.2, 0.25) is 10.0 Å². The van der Waals surface area contributed by atoms with E-state index in [1.807, 2.05) is 0 Å². The Morgan fingerprint density at radius 2 is 2.15 bits per heavy atom. The number of carbonyl (C=O) groups excluding carboxylic acids is 1. The summed E-state index contributed by atoms with van der Waals surface area (Å²) in [6.45, 7) is -0.223. The molecule has 110 valence electrons. The Kier molecular flexibility index (Phi) is 4.59. The van der Waals surface area contributed by atoms with Gasteiger partial charge in [-0.25, -0.2) is 4.79 Å². The number of phenolic OH excluding ortho intramolecular Hbond substituents is 1. The first-order valence-corrected chi connectivity index (χ1v) is 6.70. The Labute approximate surface area is 125 Å². The SMILES string of the molecule is O=C1N[C@@H](c2c(O)ccc(Cl)c2Cl)CN1C[C@H](O)CO. The van der Waals surface area contributed by atoms with Gasteiger partial charge in [-0.15, -0.1) is 0 Å². The number of aliphatic hydroxyl groups is 2. The molecule has 20 heavy (non-hydrogen) atoms. The molecule has 0 saturated carbocycles. The number of urea groups is 1. The minimum atomic E-state index is -1.01. The number of benzene rings is 1. The summed E-state index contributed by atoms with van der Waals surface area (Å²) in [5.74, 6) is -0.0609. The number of hydrogen-bond acceptors (Lipinski definition) is 4. The lowest BCUT2D eigenvalue weighted by Gasteiger charge is -2.18. The predicted molar refractivity (Wildman–Crippen MR) is 74.1 cm³/mol. The molecule has 1 heterocycles. The molecule has 1 aliphatic rings. The van der Waals surface area contributed by atoms with Crippen LogP contribution < -0.4 is 5.32 Å². The van der Waals surface area contributed by atoms with Crippen LogP contribution in [0.25, 0.3) is 0 Å². The van der Waals surface area contributed by atoms with E-state index in [9.17, 15) is 15.0 Å². The Morgan fingerprint density at radius 1 is 1.45 bits per heavy atom. The molecule has 8 heteroatoms. The van der Waals surface area contributed by atoms with Crippen molar-refractivity contribution in [2.24, 2.45) is 0 Å². The van der Waals surface area contributed by atoms with Crippen molar-refractivity contribution in [2.45, 2.75) is 12.1 Å². The van der Waals surface area contributed by atoms with E-state index >= 15 is 0 Å². The molecule has 0 radical (unpaired) electrons. The smallest absolute Gasteiger partial charge is 0.318 e. The highest BCUT2D eigenvalue weighted by Gasteiger charge is 2.33. The Morgan fingerprint density at radius 3 is 2.80 bits per heavy atom. The largest absolute Gasteiger partial charge is 0.508 e. The number of halogens is 2. The molecule has 4 N–H and O–H groups in total. The van der Waals surface area contributed by atoms with Crippen LogP contribution in [0.15, 0.2) is 12.1 Å². The minimum absolute atomic E-state index is 0.00220. The third-order valence-electron chi connectivity index (χ3n) is 3.09. The second-order valence-corrected chi connectivity index (χ2v) is 5.32. The molecule has 2 atom stereocenters. The fourth-order valence-electron chi connectivity index (χ4n) is 2.11. The number of β-amino-alcohol motifs (C(OH)–C–C–N with tert-alkyl or cyclic N) is 1. The first-order valence-electron chi connectivity index (χ1n) is 5.95. The molecule has 0 spiro atoms. The minimum Gasteiger partial charge on any atom is -0.508 e. The van der Waals surface area contributed by atoms with Gasteiger partial charge in [0.05, 0.1) is 35.3 Å². The monoisotopic (exact) mass is 320 g/mol. The highest BCUT2D eigenvalue weighted by molar-refractivity contribution is 6.42. The van der Waals surface area contributed by atoms with Crippen LogP contribution in [0.4, 0.5) is 4.79 Å². The number of rotatable bonds is 4. The number of hydrogen-bond donors (Lipinski definition) is 4. The van der Waals surface area contributed by atoms with Crippen LogP contribution in [-0.2, 0) is 0 Å². The van der Waals surface area contributed by atoms with Gasteiger partial charge >= 0.3 is 6.03 Å². The van der Waals surface area contributed by atoms with Crippen LogP contribution in [0.5, 0.6) is 5.75 Å². The van der Waals surface area contributed by atoms with E-state index in [1.54, 1.807) is 0 Å². The number of amides is 2. The van der Waals surface area contributed by atoms with Crippen molar-refractivity contribution >= 4 is 29.2 Å². The zero-order valence-corrected chi connectivity index (χ0v) is 11.9. The number of aromatic hydroxyl groups is 1. The van der Waals surface area contributed by atoms with Crippen molar-refractivity contribution in [1.82, 2.24) is 10.2 Å². The first-order chi connectivity index (χ1) is 9.43. The molecule has 0 bridgehead atoms. The maximum absolute atomic E-state index is 11.8. The maximum Gasteiger partial charge on any atom is 0.318 e. The molecular weight excluding hydrogens is 307 g/mol. The van der Waals surface area contributed by atoms with Gasteiger partial charge < -0.3 is 25.5 Å². The molecule has 1 fully saturated rings. The van der Waals surface area contributed by atoms with Crippen LogP contribution in [0.1, 0.15) is 11.6 Å². The topological polar surface area (TPSA) is 93.0 Å². The fraction of sp³-hybridized carbons (Fsp3) is 0.417. The first kappa shape index (κ1) is 15.2. The molecule has 1 aromatic carbocycles. The Bertz CT molecular complexity index is 526. The number of nitrogens with zero attached hydrogens (tertiary/aromatic N) is 1. The van der Waals surface area contributed by atoms with Gasteiger partial charge in [0.15, 0.2) is 0 Å². The third kappa shape index (κ3) is 2.93. The normalized spacial score (nSPS) is 20.1. The van der Waals surface area contributed by atoms with E-state index in [1.165, 1.54) is 17.0 Å². The zero-order valence-electron chi connectivity index (χ0n) is 10.4. The lowest BCUT2D eigenvalue weighted by molar-refractivity contribution is 0.0722. The molecule has 1 aliphatic heterocycles. The van der Waals surface area contributed by atoms with Crippen LogP contribution in [0, 0.1) is 0 Å². The highest BCUT2D eigenvalue weighted by atomic mass is 35.5. The van der Waals surface area contributed by atoms with E-state index in [2.05, 4.69) is 5.32 Å². The van der Waals surface area contributed by atoms with Gasteiger partial charge in [-0.2, -0.15) is 0 Å². The number of phenols is 1. The molecule has 2 rings (SSSR count). The summed E-state index contributed by atoms with van der Waals surface area (Å²) in [5.41, 5.74) is 0.341. The van der Waals surface area contributed by atoms with E-state index < -0.39 is 24.8 Å². The molecule has 0 unspecified atom stereocenters. The predicted octanol–water partition coefficient (Wildman–Crippen LogP) is 1.12. The molecule has 2 amide bonds. The van der Waals surface area contributed by atoms with Gasteiger partial charge in [0.2, 0.25) is 0 Å². The Hall–Kier alpha value is -1.21. The molecular formula is C12H14Cl2N2O4. The van der Waals surface area contributed by atoms with Gasteiger partial charge in [0, 0.05) is 12.1 Å². The van der Waals surface area contributed by atoms with E-state index in [4.69, 9.17) is 28.3 Å². The lowest BCUT2D eigenvalue weighted by Crippen LogP contribution is -2.36. The van der Waals surface area contributed by atoms with Crippen molar-refractivity contribution in [3.05, 3.63) is 27.7 Å². The van der Waals surface area contributed by atoms with Gasteiger partial charge in [-0.3, -0.25) is 0 Å². The van der Waals surface area contributed by atoms with Crippen LogP contribution >= 0.6 is 23.2 Å². The van der Waals surface area contributed by atoms with Crippen molar-refractivity contribution < 1.29 is 20.1 Å². The quantitative estimate of drug-likeness (QED) is 0.669. The molecule has 0 aliphatic carbocycles. The van der Waals surface area contributed by atoms with Crippen molar-refractivity contribution in [3.63, 3.8) is 0 Å². The molecule has 1 aromatic rings. The molecule has 0 aromatic heterocycles. The highest BCUT2D eigenvalue weighted by Crippen LogP contribution is 2.38. The summed E-state index contributed by atoms with van der Waals surface area (Å²) in [7, 11) is 0. The van der Waals surface area contributed by atoms with Gasteiger partial charge in [-0.1, -0.05) is 23.2 Å². The van der Waals surface area contributed by atoms with Crippen molar-refractivity contribution in [3.8, 4) is 5.75 Å². The number of carbonyl (C=O) groups is 1. The Balaban J connectivity index is 2.20. The van der Waals surface area contributed by atoms with E-state index in [0.717, 1.165) is 0 Å². The average Bonchev–Trinajstić information content (AvgIpc) is 2.75. The summed E-state index contributed by atoms with van der Waals surface area (Å²) >= 11 is 12.0. The summed E-state index contributed by atoms with van der Waals surface area (Å²) < 4.78 is 0. The van der Waals surface area contributed by atoms with Crippen molar-refractivity contribution in [2.75, 3.05) is 19.7 Å². The van der Waals surface area contributed by atoms with E-state index in [-0.39, 0.29) is 28.9 Å². The van der Waals surface area contributed by atoms with Gasteiger partial charge in [0.25, 0.3) is 0 Å². The molecule has 6 nitrogen and oxygen atoms in total. The molecule has 1 saturated heterocycles. The lowest BCUT2D eigenvalue weighted by atomic mass is 10.1. The second-order valence-electron chi connectivity index (χ2n) is 4.54. The standard InChI is InChI=1S/C12H14Cl2N2O4/c13-7-1-2-9(19)10(11(7)14)8-4-16(12(20)15-8)3-6(18)5-17/h1-2,6,8,17-19H,3-5H2,(H,15,20)/t6-,8+/m0/s1.